The standard InChI is InChI=1S/C15H13BrClFO/c16-14-4-2-1-3-13(14)11(9-19)7-10-8-12(17)5-6-15(10)18/h1-6,8,11,19H,7,9H2. The number of benzene rings is 2. The quantitative estimate of drug-likeness (QED) is 0.863. The fourth-order valence-corrected chi connectivity index (χ4v) is 2.85. The van der Waals surface area contributed by atoms with Gasteiger partial charge in [0.1, 0.15) is 5.82 Å². The molecule has 0 heterocycles. The van der Waals surface area contributed by atoms with Gasteiger partial charge in [-0.2, -0.15) is 0 Å². The number of aliphatic hydroxyl groups is 1. The monoisotopic (exact) mass is 342 g/mol. The number of hydrogen-bond donors (Lipinski definition) is 1. The van der Waals surface area contributed by atoms with Gasteiger partial charge in [0.2, 0.25) is 0 Å². The van der Waals surface area contributed by atoms with Crippen molar-refractivity contribution in [2.45, 2.75) is 12.3 Å². The molecular formula is C15H13BrClFO. The Bertz CT molecular complexity index is 574. The molecule has 0 spiro atoms. The Labute approximate surface area is 125 Å². The smallest absolute Gasteiger partial charge is 0.126 e. The van der Waals surface area contributed by atoms with Crippen molar-refractivity contribution < 1.29 is 9.50 Å². The molecule has 19 heavy (non-hydrogen) atoms. The predicted octanol–water partition coefficient (Wildman–Crippen LogP) is 4.56. The van der Waals surface area contributed by atoms with E-state index in [9.17, 15) is 9.50 Å². The Morgan fingerprint density at radius 3 is 2.63 bits per heavy atom. The average molecular weight is 344 g/mol. The summed E-state index contributed by atoms with van der Waals surface area (Å²) in [6.07, 6.45) is 0.408. The first-order chi connectivity index (χ1) is 9.11. The molecule has 0 bridgehead atoms. The summed E-state index contributed by atoms with van der Waals surface area (Å²) in [7, 11) is 0. The predicted molar refractivity (Wildman–Crippen MR) is 79.1 cm³/mol. The summed E-state index contributed by atoms with van der Waals surface area (Å²) in [5, 5.41) is 10.0. The number of hydrogen-bond acceptors (Lipinski definition) is 1. The van der Waals surface area contributed by atoms with Crippen molar-refractivity contribution in [1.82, 2.24) is 0 Å². The lowest BCUT2D eigenvalue weighted by Crippen LogP contribution is -2.09. The highest BCUT2D eigenvalue weighted by Gasteiger charge is 2.16. The molecule has 4 heteroatoms. The molecule has 0 aromatic heterocycles. The van der Waals surface area contributed by atoms with Gasteiger partial charge in [-0.05, 0) is 41.8 Å². The van der Waals surface area contributed by atoms with Crippen molar-refractivity contribution in [3.8, 4) is 0 Å². The summed E-state index contributed by atoms with van der Waals surface area (Å²) in [5.74, 6) is -0.460. The third kappa shape index (κ3) is 3.56. The molecule has 0 amide bonds. The molecule has 1 unspecified atom stereocenters. The molecule has 2 aromatic carbocycles. The van der Waals surface area contributed by atoms with E-state index in [0.29, 0.717) is 17.0 Å². The average Bonchev–Trinajstić information content (AvgIpc) is 2.41. The highest BCUT2D eigenvalue weighted by atomic mass is 79.9. The van der Waals surface area contributed by atoms with Gasteiger partial charge < -0.3 is 5.11 Å². The van der Waals surface area contributed by atoms with E-state index in [1.165, 1.54) is 12.1 Å². The van der Waals surface area contributed by atoms with Crippen LogP contribution in [-0.4, -0.2) is 11.7 Å². The minimum atomic E-state index is -0.296. The molecule has 0 saturated carbocycles. The van der Waals surface area contributed by atoms with Gasteiger partial charge in [0, 0.05) is 15.4 Å². The minimum absolute atomic E-state index is 0.0471. The van der Waals surface area contributed by atoms with Crippen LogP contribution >= 0.6 is 27.5 Å². The van der Waals surface area contributed by atoms with E-state index < -0.39 is 0 Å². The van der Waals surface area contributed by atoms with Crippen molar-refractivity contribution >= 4 is 27.5 Å². The zero-order valence-corrected chi connectivity index (χ0v) is 12.5. The summed E-state index contributed by atoms with van der Waals surface area (Å²) < 4.78 is 14.6. The van der Waals surface area contributed by atoms with Crippen molar-refractivity contribution in [3.05, 3.63) is 68.9 Å². The van der Waals surface area contributed by atoms with E-state index in [-0.39, 0.29) is 18.3 Å². The fraction of sp³-hybridized carbons (Fsp3) is 0.200. The van der Waals surface area contributed by atoms with Gasteiger partial charge in [0.25, 0.3) is 0 Å². The van der Waals surface area contributed by atoms with E-state index in [4.69, 9.17) is 11.6 Å². The van der Waals surface area contributed by atoms with E-state index in [1.807, 2.05) is 24.3 Å². The van der Waals surface area contributed by atoms with Gasteiger partial charge in [-0.3, -0.25) is 0 Å². The van der Waals surface area contributed by atoms with Crippen LogP contribution in [0.25, 0.3) is 0 Å². The molecule has 0 aliphatic heterocycles. The Kier molecular flexibility index (Phi) is 4.97. The van der Waals surface area contributed by atoms with Crippen LogP contribution in [0.2, 0.25) is 5.02 Å². The third-order valence-corrected chi connectivity index (χ3v) is 4.00. The van der Waals surface area contributed by atoms with Crippen LogP contribution in [0.3, 0.4) is 0 Å². The summed E-state index contributed by atoms with van der Waals surface area (Å²) >= 11 is 9.34. The Balaban J connectivity index is 2.29. The Hall–Kier alpha value is -0.900. The first kappa shape index (κ1) is 14.5. The Morgan fingerprint density at radius 2 is 1.95 bits per heavy atom. The summed E-state index contributed by atoms with van der Waals surface area (Å²) in [5.41, 5.74) is 1.48. The topological polar surface area (TPSA) is 20.2 Å². The van der Waals surface area contributed by atoms with Crippen LogP contribution in [0, 0.1) is 5.82 Å². The second-order valence-electron chi connectivity index (χ2n) is 4.34. The van der Waals surface area contributed by atoms with Crippen molar-refractivity contribution in [1.29, 1.82) is 0 Å². The molecule has 0 aliphatic carbocycles. The fourth-order valence-electron chi connectivity index (χ4n) is 2.04. The Morgan fingerprint density at radius 1 is 1.21 bits per heavy atom. The van der Waals surface area contributed by atoms with Gasteiger partial charge in [-0.1, -0.05) is 45.7 Å². The second-order valence-corrected chi connectivity index (χ2v) is 5.63. The molecule has 2 rings (SSSR count). The first-order valence-electron chi connectivity index (χ1n) is 5.91. The SMILES string of the molecule is OCC(Cc1cc(Cl)ccc1F)c1ccccc1Br. The lowest BCUT2D eigenvalue weighted by Gasteiger charge is -2.17. The van der Waals surface area contributed by atoms with Crippen LogP contribution in [0.1, 0.15) is 17.0 Å². The van der Waals surface area contributed by atoms with E-state index in [1.54, 1.807) is 6.07 Å². The van der Waals surface area contributed by atoms with Crippen LogP contribution in [0.5, 0.6) is 0 Å². The lowest BCUT2D eigenvalue weighted by atomic mass is 9.92. The highest BCUT2D eigenvalue weighted by Crippen LogP contribution is 2.29. The van der Waals surface area contributed by atoms with Crippen LogP contribution in [0.15, 0.2) is 46.9 Å². The van der Waals surface area contributed by atoms with Crippen LogP contribution < -0.4 is 0 Å². The van der Waals surface area contributed by atoms with Crippen molar-refractivity contribution in [3.63, 3.8) is 0 Å². The van der Waals surface area contributed by atoms with Crippen LogP contribution in [-0.2, 0) is 6.42 Å². The maximum absolute atomic E-state index is 13.7. The molecule has 100 valence electrons. The van der Waals surface area contributed by atoms with Gasteiger partial charge in [0.15, 0.2) is 0 Å². The minimum Gasteiger partial charge on any atom is -0.396 e. The largest absolute Gasteiger partial charge is 0.396 e. The molecule has 1 atom stereocenters. The van der Waals surface area contributed by atoms with Gasteiger partial charge in [-0.25, -0.2) is 4.39 Å². The summed E-state index contributed by atoms with van der Waals surface area (Å²) in [6, 6.07) is 12.1. The van der Waals surface area contributed by atoms with Crippen LogP contribution in [0.4, 0.5) is 4.39 Å². The second kappa shape index (κ2) is 6.51. The molecular weight excluding hydrogens is 331 g/mol. The molecule has 0 aliphatic rings. The zero-order chi connectivity index (χ0) is 13.8. The first-order valence-corrected chi connectivity index (χ1v) is 7.08. The maximum atomic E-state index is 13.7. The maximum Gasteiger partial charge on any atom is 0.126 e. The number of halogens is 3. The van der Waals surface area contributed by atoms with E-state index in [0.717, 1.165) is 10.0 Å². The van der Waals surface area contributed by atoms with Gasteiger partial charge in [0.05, 0.1) is 6.61 Å². The molecule has 1 nitrogen and oxygen atoms in total. The zero-order valence-electron chi connectivity index (χ0n) is 10.1. The molecule has 0 saturated heterocycles. The molecule has 0 radical (unpaired) electrons. The van der Waals surface area contributed by atoms with E-state index in [2.05, 4.69) is 15.9 Å². The highest BCUT2D eigenvalue weighted by molar-refractivity contribution is 9.10. The number of rotatable bonds is 4. The third-order valence-electron chi connectivity index (χ3n) is 3.04. The molecule has 0 fully saturated rings. The summed E-state index contributed by atoms with van der Waals surface area (Å²) in [4.78, 5) is 0. The number of aliphatic hydroxyl groups excluding tert-OH is 1. The van der Waals surface area contributed by atoms with Gasteiger partial charge in [-0.15, -0.1) is 0 Å². The van der Waals surface area contributed by atoms with Crippen molar-refractivity contribution in [2.24, 2.45) is 0 Å². The normalized spacial score (nSPS) is 12.4. The van der Waals surface area contributed by atoms with Gasteiger partial charge >= 0.3 is 0 Å². The molecule has 2 aromatic rings. The molecule has 1 N–H and O–H groups in total. The summed E-state index contributed by atoms with van der Waals surface area (Å²) in [6.45, 7) is -0.0471. The van der Waals surface area contributed by atoms with E-state index >= 15 is 0 Å². The van der Waals surface area contributed by atoms with Crippen molar-refractivity contribution in [2.75, 3.05) is 6.61 Å². The lowest BCUT2D eigenvalue weighted by molar-refractivity contribution is 0.263.